The Labute approximate surface area is 200 Å². The molecule has 0 spiro atoms. The highest BCUT2D eigenvalue weighted by molar-refractivity contribution is 6.30. The first-order chi connectivity index (χ1) is 15.8. The van der Waals surface area contributed by atoms with Crippen LogP contribution in [0.2, 0.25) is 5.02 Å². The van der Waals surface area contributed by atoms with E-state index in [2.05, 4.69) is 15.5 Å². The Morgan fingerprint density at radius 3 is 2.18 bits per heavy atom. The second-order valence-corrected chi connectivity index (χ2v) is 9.01. The van der Waals surface area contributed by atoms with Gasteiger partial charge in [0, 0.05) is 43.3 Å². The standard InChI is InChI=1S/C25H31ClN4O3/c1-18(2)16-22(31)28-24(19-6-4-3-5-7-19)25(33)27-17-23(32)30-14-12-29(13-15-30)21-10-8-20(26)9-11-21/h3-11,18,24H,12-17H2,1-2H3,(H,27,33)(H,28,31). The topological polar surface area (TPSA) is 81.8 Å². The summed E-state index contributed by atoms with van der Waals surface area (Å²) in [5.74, 6) is -0.554. The SMILES string of the molecule is CC(C)CC(=O)NC(C(=O)NCC(=O)N1CCN(c2ccc(Cl)cc2)CC1)c1ccccc1. The number of rotatable bonds is 8. The average Bonchev–Trinajstić information content (AvgIpc) is 2.81. The molecule has 7 nitrogen and oxygen atoms in total. The minimum Gasteiger partial charge on any atom is -0.368 e. The maximum atomic E-state index is 12.9. The fourth-order valence-corrected chi connectivity index (χ4v) is 3.90. The minimum absolute atomic E-state index is 0.108. The third kappa shape index (κ3) is 7.22. The molecule has 1 aliphatic heterocycles. The van der Waals surface area contributed by atoms with E-state index in [0.717, 1.165) is 5.69 Å². The molecule has 2 aromatic rings. The number of hydrogen-bond acceptors (Lipinski definition) is 4. The van der Waals surface area contributed by atoms with Crippen molar-refractivity contribution < 1.29 is 14.4 Å². The second-order valence-electron chi connectivity index (χ2n) is 8.57. The van der Waals surface area contributed by atoms with Gasteiger partial charge >= 0.3 is 0 Å². The van der Waals surface area contributed by atoms with E-state index in [1.165, 1.54) is 0 Å². The Kier molecular flexibility index (Phi) is 8.72. The van der Waals surface area contributed by atoms with E-state index in [4.69, 9.17) is 11.6 Å². The van der Waals surface area contributed by atoms with E-state index in [-0.39, 0.29) is 24.3 Å². The van der Waals surface area contributed by atoms with Crippen molar-refractivity contribution in [3.8, 4) is 0 Å². The number of nitrogens with one attached hydrogen (secondary N) is 2. The molecule has 1 aliphatic rings. The van der Waals surface area contributed by atoms with E-state index in [1.807, 2.05) is 56.3 Å². The lowest BCUT2D eigenvalue weighted by Gasteiger charge is -2.36. The van der Waals surface area contributed by atoms with Crippen LogP contribution in [0.3, 0.4) is 0 Å². The largest absolute Gasteiger partial charge is 0.368 e. The molecule has 0 aromatic heterocycles. The average molecular weight is 471 g/mol. The van der Waals surface area contributed by atoms with Gasteiger partial charge in [-0.3, -0.25) is 14.4 Å². The summed E-state index contributed by atoms with van der Waals surface area (Å²) in [5.41, 5.74) is 1.75. The van der Waals surface area contributed by atoms with E-state index in [1.54, 1.807) is 17.0 Å². The lowest BCUT2D eigenvalue weighted by atomic mass is 10.0. The van der Waals surface area contributed by atoms with Gasteiger partial charge in [0.25, 0.3) is 0 Å². The molecule has 2 aromatic carbocycles. The maximum Gasteiger partial charge on any atom is 0.247 e. The first kappa shape index (κ1) is 24.6. The van der Waals surface area contributed by atoms with Crippen LogP contribution in [-0.4, -0.2) is 55.3 Å². The molecule has 0 aliphatic carbocycles. The number of carbonyl (C=O) groups is 3. The summed E-state index contributed by atoms with van der Waals surface area (Å²) in [4.78, 5) is 41.9. The Bertz CT molecular complexity index is 942. The van der Waals surface area contributed by atoms with Crippen molar-refractivity contribution in [3.05, 3.63) is 65.2 Å². The molecular formula is C25H31ClN4O3. The first-order valence-corrected chi connectivity index (χ1v) is 11.6. The van der Waals surface area contributed by atoms with E-state index < -0.39 is 11.9 Å². The number of carbonyl (C=O) groups excluding carboxylic acids is 3. The summed E-state index contributed by atoms with van der Waals surface area (Å²) in [6.07, 6.45) is 0.327. The van der Waals surface area contributed by atoms with Crippen molar-refractivity contribution in [2.24, 2.45) is 5.92 Å². The maximum absolute atomic E-state index is 12.9. The van der Waals surface area contributed by atoms with Gasteiger partial charge in [0.2, 0.25) is 17.7 Å². The van der Waals surface area contributed by atoms with E-state index in [0.29, 0.717) is 43.2 Å². The highest BCUT2D eigenvalue weighted by atomic mass is 35.5. The zero-order valence-electron chi connectivity index (χ0n) is 19.1. The summed E-state index contributed by atoms with van der Waals surface area (Å²) >= 11 is 5.96. The monoisotopic (exact) mass is 470 g/mol. The fraction of sp³-hybridized carbons (Fsp3) is 0.400. The Morgan fingerprint density at radius 1 is 0.939 bits per heavy atom. The van der Waals surface area contributed by atoms with Gasteiger partial charge in [0.15, 0.2) is 0 Å². The molecule has 0 saturated carbocycles. The fourth-order valence-electron chi connectivity index (χ4n) is 3.78. The molecule has 1 unspecified atom stereocenters. The molecule has 3 amide bonds. The van der Waals surface area contributed by atoms with E-state index in [9.17, 15) is 14.4 Å². The third-order valence-electron chi connectivity index (χ3n) is 5.53. The van der Waals surface area contributed by atoms with Crippen LogP contribution in [0.25, 0.3) is 0 Å². The molecule has 33 heavy (non-hydrogen) atoms. The molecule has 1 atom stereocenters. The van der Waals surface area contributed by atoms with Gasteiger partial charge in [0.05, 0.1) is 6.54 Å². The van der Waals surface area contributed by atoms with Crippen molar-refractivity contribution >= 4 is 35.0 Å². The predicted molar refractivity (Wildman–Crippen MR) is 130 cm³/mol. The van der Waals surface area contributed by atoms with Crippen molar-refractivity contribution in [2.75, 3.05) is 37.6 Å². The number of piperazine rings is 1. The molecule has 1 saturated heterocycles. The van der Waals surface area contributed by atoms with Gasteiger partial charge in [-0.15, -0.1) is 0 Å². The van der Waals surface area contributed by atoms with Crippen molar-refractivity contribution in [1.29, 1.82) is 0 Å². The van der Waals surface area contributed by atoms with Crippen LogP contribution in [0.1, 0.15) is 31.9 Å². The van der Waals surface area contributed by atoms with Gasteiger partial charge < -0.3 is 20.4 Å². The van der Waals surface area contributed by atoms with Crippen LogP contribution in [-0.2, 0) is 14.4 Å². The van der Waals surface area contributed by atoms with Crippen LogP contribution in [0.5, 0.6) is 0 Å². The summed E-state index contributed by atoms with van der Waals surface area (Å²) in [6, 6.07) is 15.9. The summed E-state index contributed by atoms with van der Waals surface area (Å²) in [5, 5.41) is 6.21. The molecule has 3 rings (SSSR count). The normalized spacial score (nSPS) is 14.7. The van der Waals surface area contributed by atoms with Gasteiger partial charge in [-0.25, -0.2) is 0 Å². The Morgan fingerprint density at radius 2 is 1.58 bits per heavy atom. The van der Waals surface area contributed by atoms with Gasteiger partial charge in [-0.05, 0) is 35.7 Å². The zero-order valence-corrected chi connectivity index (χ0v) is 19.8. The zero-order chi connectivity index (χ0) is 23.8. The van der Waals surface area contributed by atoms with Crippen LogP contribution in [0.4, 0.5) is 5.69 Å². The second kappa shape index (κ2) is 11.7. The van der Waals surface area contributed by atoms with Gasteiger partial charge in [-0.2, -0.15) is 0 Å². The molecule has 0 bridgehead atoms. The Balaban J connectivity index is 1.53. The number of benzene rings is 2. The third-order valence-corrected chi connectivity index (χ3v) is 5.78. The van der Waals surface area contributed by atoms with Crippen molar-refractivity contribution in [3.63, 3.8) is 0 Å². The van der Waals surface area contributed by atoms with Gasteiger partial charge in [-0.1, -0.05) is 55.8 Å². The number of amides is 3. The highest BCUT2D eigenvalue weighted by Crippen LogP contribution is 2.19. The van der Waals surface area contributed by atoms with Gasteiger partial charge in [0.1, 0.15) is 6.04 Å². The molecule has 1 heterocycles. The lowest BCUT2D eigenvalue weighted by Crippen LogP contribution is -2.52. The van der Waals surface area contributed by atoms with Crippen LogP contribution in [0, 0.1) is 5.92 Å². The number of hydrogen-bond donors (Lipinski definition) is 2. The number of anilines is 1. The summed E-state index contributed by atoms with van der Waals surface area (Å²) in [6.45, 7) is 6.35. The molecule has 1 fully saturated rings. The highest BCUT2D eigenvalue weighted by Gasteiger charge is 2.25. The molecule has 0 radical (unpaired) electrons. The van der Waals surface area contributed by atoms with E-state index >= 15 is 0 Å². The Hall–Kier alpha value is -3.06. The van der Waals surface area contributed by atoms with Crippen LogP contribution < -0.4 is 15.5 Å². The lowest BCUT2D eigenvalue weighted by molar-refractivity contribution is -0.134. The van der Waals surface area contributed by atoms with Crippen molar-refractivity contribution in [1.82, 2.24) is 15.5 Å². The number of nitrogens with zero attached hydrogens (tertiary/aromatic N) is 2. The minimum atomic E-state index is -0.841. The predicted octanol–water partition coefficient (Wildman–Crippen LogP) is 3.01. The first-order valence-electron chi connectivity index (χ1n) is 11.2. The molecule has 2 N–H and O–H groups in total. The quantitative estimate of drug-likeness (QED) is 0.621. The number of halogens is 1. The molecular weight excluding hydrogens is 440 g/mol. The summed E-state index contributed by atoms with van der Waals surface area (Å²) < 4.78 is 0. The molecule has 176 valence electrons. The summed E-state index contributed by atoms with van der Waals surface area (Å²) in [7, 11) is 0. The smallest absolute Gasteiger partial charge is 0.247 e. The molecule has 8 heteroatoms. The van der Waals surface area contributed by atoms with Crippen LogP contribution >= 0.6 is 11.6 Å². The van der Waals surface area contributed by atoms with Crippen molar-refractivity contribution in [2.45, 2.75) is 26.3 Å². The van der Waals surface area contributed by atoms with Crippen LogP contribution in [0.15, 0.2) is 54.6 Å².